The normalized spacial score (nSPS) is 14.3. The molecule has 0 radical (unpaired) electrons. The average molecular weight is 312 g/mol. The third-order valence-corrected chi connectivity index (χ3v) is 3.94. The van der Waals surface area contributed by atoms with Crippen LogP contribution in [0, 0.1) is 5.41 Å². The van der Waals surface area contributed by atoms with Crippen molar-refractivity contribution in [3.8, 4) is 0 Å². The van der Waals surface area contributed by atoms with E-state index in [1.165, 1.54) is 11.3 Å². The summed E-state index contributed by atoms with van der Waals surface area (Å²) in [5, 5.41) is 16.7. The van der Waals surface area contributed by atoms with E-state index < -0.39 is 12.1 Å². The molecule has 2 unspecified atom stereocenters. The number of aliphatic hydroxyl groups is 1. The Balaban J connectivity index is 2.43. The third-order valence-electron chi connectivity index (χ3n) is 3.08. The zero-order valence-electron chi connectivity index (χ0n) is 13.0. The molecule has 1 aromatic heterocycles. The van der Waals surface area contributed by atoms with Gasteiger partial charge in [0.15, 0.2) is 0 Å². The molecule has 0 spiro atoms. The maximum Gasteiger partial charge on any atom is 0.261 e. The first-order valence-electron chi connectivity index (χ1n) is 7.01. The van der Waals surface area contributed by atoms with Crippen molar-refractivity contribution < 1.29 is 14.7 Å². The molecular weight excluding hydrogens is 288 g/mol. The van der Waals surface area contributed by atoms with Crippen LogP contribution in [0.5, 0.6) is 0 Å². The highest BCUT2D eigenvalue weighted by Crippen LogP contribution is 2.21. The van der Waals surface area contributed by atoms with Gasteiger partial charge in [-0.1, -0.05) is 19.9 Å². The summed E-state index contributed by atoms with van der Waals surface area (Å²) in [6.45, 7) is 7.80. The Morgan fingerprint density at radius 1 is 1.38 bits per heavy atom. The Labute approximate surface area is 129 Å². The number of carbonyl (C=O) groups excluding carboxylic acids is 2. The number of hydrogen-bond acceptors (Lipinski definition) is 4. The van der Waals surface area contributed by atoms with Gasteiger partial charge in [-0.3, -0.25) is 9.59 Å². The first-order valence-corrected chi connectivity index (χ1v) is 7.89. The fourth-order valence-electron chi connectivity index (χ4n) is 2.09. The standard InChI is InChI=1S/C15H24N2O3S/c1-10(18)8-15(3,4)9-16-13(19)11(2)17-14(20)12-6-5-7-21-12/h5-7,10-11,18H,8-9H2,1-4H3,(H,16,19)(H,17,20). The number of hydrogen-bond donors (Lipinski definition) is 3. The second-order valence-electron chi connectivity index (χ2n) is 6.11. The monoisotopic (exact) mass is 312 g/mol. The van der Waals surface area contributed by atoms with Gasteiger partial charge in [0, 0.05) is 6.54 Å². The number of amides is 2. The molecule has 1 rings (SSSR count). The predicted molar refractivity (Wildman–Crippen MR) is 84.3 cm³/mol. The molecule has 118 valence electrons. The lowest BCUT2D eigenvalue weighted by molar-refractivity contribution is -0.123. The maximum absolute atomic E-state index is 12.0. The van der Waals surface area contributed by atoms with Crippen LogP contribution in [-0.2, 0) is 4.79 Å². The molecule has 6 heteroatoms. The summed E-state index contributed by atoms with van der Waals surface area (Å²) < 4.78 is 0. The Kier molecular flexibility index (Phi) is 6.36. The van der Waals surface area contributed by atoms with E-state index in [1.54, 1.807) is 26.0 Å². The highest BCUT2D eigenvalue weighted by atomic mass is 32.1. The molecule has 0 aliphatic rings. The summed E-state index contributed by atoms with van der Waals surface area (Å²) in [4.78, 5) is 24.4. The van der Waals surface area contributed by atoms with Gasteiger partial charge in [-0.25, -0.2) is 0 Å². The fraction of sp³-hybridized carbons (Fsp3) is 0.600. The van der Waals surface area contributed by atoms with Gasteiger partial charge in [0.25, 0.3) is 5.91 Å². The van der Waals surface area contributed by atoms with E-state index in [1.807, 2.05) is 19.2 Å². The van der Waals surface area contributed by atoms with E-state index in [0.29, 0.717) is 17.8 Å². The van der Waals surface area contributed by atoms with Crippen LogP contribution >= 0.6 is 11.3 Å². The SMILES string of the molecule is CC(O)CC(C)(C)CNC(=O)C(C)NC(=O)c1cccs1. The van der Waals surface area contributed by atoms with Crippen LogP contribution in [0.25, 0.3) is 0 Å². The van der Waals surface area contributed by atoms with Crippen molar-refractivity contribution in [2.45, 2.75) is 46.3 Å². The van der Waals surface area contributed by atoms with E-state index >= 15 is 0 Å². The largest absolute Gasteiger partial charge is 0.393 e. The topological polar surface area (TPSA) is 78.4 Å². The molecule has 3 N–H and O–H groups in total. The summed E-state index contributed by atoms with van der Waals surface area (Å²) in [5.41, 5.74) is -0.193. The Morgan fingerprint density at radius 2 is 2.05 bits per heavy atom. The minimum atomic E-state index is -0.595. The summed E-state index contributed by atoms with van der Waals surface area (Å²) in [6, 6.07) is 2.92. The van der Waals surface area contributed by atoms with Gasteiger partial charge in [0.05, 0.1) is 11.0 Å². The summed E-state index contributed by atoms with van der Waals surface area (Å²) in [6.07, 6.45) is 0.191. The van der Waals surface area contributed by atoms with E-state index in [4.69, 9.17) is 0 Å². The molecule has 2 amide bonds. The van der Waals surface area contributed by atoms with E-state index in [9.17, 15) is 14.7 Å². The molecule has 0 fully saturated rings. The summed E-state index contributed by atoms with van der Waals surface area (Å²) >= 11 is 1.34. The molecule has 0 bridgehead atoms. The molecule has 0 aliphatic carbocycles. The number of rotatable bonds is 7. The number of thiophene rings is 1. The van der Waals surface area contributed by atoms with Gasteiger partial charge in [-0.15, -0.1) is 11.3 Å². The van der Waals surface area contributed by atoms with Gasteiger partial charge in [0.1, 0.15) is 6.04 Å². The number of nitrogens with one attached hydrogen (secondary N) is 2. The van der Waals surface area contributed by atoms with Crippen molar-refractivity contribution in [1.29, 1.82) is 0 Å². The molecule has 1 aromatic rings. The first-order chi connectivity index (χ1) is 9.71. The molecular formula is C15H24N2O3S. The second kappa shape index (κ2) is 7.56. The van der Waals surface area contributed by atoms with Crippen molar-refractivity contribution in [2.75, 3.05) is 6.54 Å². The molecule has 1 heterocycles. The fourth-order valence-corrected chi connectivity index (χ4v) is 2.72. The predicted octanol–water partition coefficient (Wildman–Crippen LogP) is 1.78. The molecule has 0 saturated carbocycles. The number of aliphatic hydroxyl groups excluding tert-OH is 1. The lowest BCUT2D eigenvalue weighted by Gasteiger charge is -2.27. The quantitative estimate of drug-likeness (QED) is 0.718. The maximum atomic E-state index is 12.0. The zero-order valence-corrected chi connectivity index (χ0v) is 13.8. The smallest absolute Gasteiger partial charge is 0.261 e. The molecule has 0 saturated heterocycles. The molecule has 0 aromatic carbocycles. The highest BCUT2D eigenvalue weighted by molar-refractivity contribution is 7.12. The Morgan fingerprint density at radius 3 is 2.57 bits per heavy atom. The Hall–Kier alpha value is -1.40. The van der Waals surface area contributed by atoms with Crippen LogP contribution in [0.4, 0.5) is 0 Å². The number of carbonyl (C=O) groups is 2. The van der Waals surface area contributed by atoms with Gasteiger partial charge in [0.2, 0.25) is 5.91 Å². The molecule has 0 aliphatic heterocycles. The second-order valence-corrected chi connectivity index (χ2v) is 7.06. The van der Waals surface area contributed by atoms with Crippen LogP contribution in [0.1, 0.15) is 43.8 Å². The van der Waals surface area contributed by atoms with E-state index in [0.717, 1.165) is 0 Å². The van der Waals surface area contributed by atoms with E-state index in [2.05, 4.69) is 10.6 Å². The van der Waals surface area contributed by atoms with Crippen LogP contribution in [0.3, 0.4) is 0 Å². The lowest BCUT2D eigenvalue weighted by atomic mass is 9.87. The van der Waals surface area contributed by atoms with Crippen molar-refractivity contribution in [3.63, 3.8) is 0 Å². The van der Waals surface area contributed by atoms with Crippen LogP contribution in [-0.4, -0.2) is 35.6 Å². The van der Waals surface area contributed by atoms with Crippen molar-refractivity contribution in [3.05, 3.63) is 22.4 Å². The van der Waals surface area contributed by atoms with Gasteiger partial charge < -0.3 is 15.7 Å². The zero-order chi connectivity index (χ0) is 16.0. The summed E-state index contributed by atoms with van der Waals surface area (Å²) in [7, 11) is 0. The van der Waals surface area contributed by atoms with Crippen molar-refractivity contribution >= 4 is 23.2 Å². The van der Waals surface area contributed by atoms with Crippen LogP contribution in [0.2, 0.25) is 0 Å². The Bertz CT molecular complexity index is 469. The highest BCUT2D eigenvalue weighted by Gasteiger charge is 2.23. The third kappa shape index (κ3) is 6.27. The van der Waals surface area contributed by atoms with Crippen LogP contribution in [0.15, 0.2) is 17.5 Å². The van der Waals surface area contributed by atoms with Gasteiger partial charge in [-0.05, 0) is 37.1 Å². The van der Waals surface area contributed by atoms with Gasteiger partial charge in [-0.2, -0.15) is 0 Å². The van der Waals surface area contributed by atoms with Crippen molar-refractivity contribution in [2.24, 2.45) is 5.41 Å². The minimum absolute atomic E-state index is 0.193. The first kappa shape index (κ1) is 17.7. The van der Waals surface area contributed by atoms with Crippen LogP contribution < -0.4 is 10.6 Å². The molecule has 5 nitrogen and oxygen atoms in total. The van der Waals surface area contributed by atoms with Gasteiger partial charge >= 0.3 is 0 Å². The summed E-state index contributed by atoms with van der Waals surface area (Å²) in [5.74, 6) is -0.463. The minimum Gasteiger partial charge on any atom is -0.393 e. The van der Waals surface area contributed by atoms with E-state index in [-0.39, 0.29) is 17.2 Å². The average Bonchev–Trinajstić information content (AvgIpc) is 2.88. The molecule has 2 atom stereocenters. The lowest BCUT2D eigenvalue weighted by Crippen LogP contribution is -2.47. The van der Waals surface area contributed by atoms with Crippen molar-refractivity contribution in [1.82, 2.24) is 10.6 Å². The molecule has 21 heavy (non-hydrogen) atoms.